The molecule has 0 aliphatic heterocycles. The first-order valence-corrected chi connectivity index (χ1v) is 0. The quantitative estimate of drug-likeness (QED) is 0.239. The van der Waals surface area contributed by atoms with Crippen LogP contribution in [-0.2, 0) is 0 Å². The van der Waals surface area contributed by atoms with Gasteiger partial charge in [0.05, 0.1) is 0 Å². The summed E-state index contributed by atoms with van der Waals surface area (Å²) >= 11 is 0. The predicted molar refractivity (Wildman–Crippen MR) is 16.9 cm³/mol. The maximum Gasteiger partial charge on any atom is 1.00 e. The molecule has 0 aromatic rings. The van der Waals surface area contributed by atoms with Crippen LogP contribution in [-0.4, -0.2) is 8.41 Å². The van der Waals surface area contributed by atoms with Crippen molar-refractivity contribution in [3.05, 3.63) is 0 Å². The minimum absolute atomic E-state index is 0. The van der Waals surface area contributed by atoms with E-state index in [0.29, 0.717) is 0 Å². The van der Waals surface area contributed by atoms with E-state index in [0.717, 1.165) is 0 Å². The first kappa shape index (κ1) is 369. The van der Waals surface area contributed by atoms with Crippen molar-refractivity contribution in [1.29, 1.82) is 0 Å². The zero-order chi connectivity index (χ0) is 0. The molecule has 6 heavy (non-hydrogen) atoms. The molecule has 3 radical (unpaired) electrons. The van der Waals surface area contributed by atoms with Gasteiger partial charge in [-0.2, -0.15) is 0 Å². The van der Waals surface area contributed by atoms with Crippen molar-refractivity contribution in [3.63, 3.8) is 0 Å². The van der Waals surface area contributed by atoms with Crippen molar-refractivity contribution < 1.29 is 49.8 Å². The molecule has 6 heteroatoms. The second-order valence-corrected chi connectivity index (χ2v) is 0. The molecule has 0 rings (SSSR count). The molecule has 0 aliphatic rings. The third-order valence-corrected chi connectivity index (χ3v) is 0. The molecule has 0 atom stereocenters. The molecule has 0 fully saturated rings. The van der Waals surface area contributed by atoms with Gasteiger partial charge in [0.25, 0.3) is 0 Å². The minimum atomic E-state index is 0. The van der Waals surface area contributed by atoms with Gasteiger partial charge >= 0.3 is 29.6 Å². The van der Waals surface area contributed by atoms with Crippen molar-refractivity contribution >= 4 is 8.41 Å². The molecule has 0 bridgehead atoms. The van der Waals surface area contributed by atoms with E-state index < -0.39 is 0 Å². The molecule has 0 spiro atoms. The maximum absolute atomic E-state index is 0. The Hall–Kier alpha value is 0.785. The zero-order valence-corrected chi connectivity index (χ0v) is 5.21. The van der Waals surface area contributed by atoms with E-state index in [-0.39, 0.29) is 58.2 Å². The van der Waals surface area contributed by atoms with Gasteiger partial charge in [0, 0.05) is 8.41 Å². The Morgan fingerprint density at radius 3 is 0.667 bits per heavy atom. The Kier molecular flexibility index (Phi) is 13200. The summed E-state index contributed by atoms with van der Waals surface area (Å²) in [5.41, 5.74) is 0. The van der Waals surface area contributed by atoms with E-state index in [1.165, 1.54) is 0 Å². The molecule has 0 unspecified atom stereocenters. The fourth-order valence-electron chi connectivity index (χ4n) is 0. The van der Waals surface area contributed by atoms with Crippen molar-refractivity contribution in [3.8, 4) is 0 Å². The summed E-state index contributed by atoms with van der Waals surface area (Å²) in [5, 5.41) is 0. The molecule has 0 nitrogen and oxygen atoms in total. The number of rotatable bonds is 0. The monoisotopic (exact) mass is 115 g/mol. The van der Waals surface area contributed by atoms with E-state index in [2.05, 4.69) is 0 Å². The normalized spacial score (nSPS) is 0. The van der Waals surface area contributed by atoms with Gasteiger partial charge in [-0.3, -0.25) is 18.8 Å². The fourth-order valence-corrected chi connectivity index (χ4v) is 0. The molecular formula is H5BF4Na. The van der Waals surface area contributed by atoms with Crippen LogP contribution in [0.25, 0.3) is 0 Å². The summed E-state index contributed by atoms with van der Waals surface area (Å²) in [6.45, 7) is 0. The van der Waals surface area contributed by atoms with Gasteiger partial charge < -0.3 is 1.43 Å². The molecule has 0 heterocycles. The number of hydrogen-bond donors (Lipinski definition) is 0. The molecule has 0 N–H and O–H groups in total. The third kappa shape index (κ3) is 111. The summed E-state index contributed by atoms with van der Waals surface area (Å²) in [7, 11) is 0. The largest absolute Gasteiger partial charge is 1.00 e. The van der Waals surface area contributed by atoms with Crippen molar-refractivity contribution in [2.45, 2.75) is 0 Å². The summed E-state index contributed by atoms with van der Waals surface area (Å²) in [5.74, 6) is 0. The van der Waals surface area contributed by atoms with Gasteiger partial charge in [-0.05, 0) is 0 Å². The Balaban J connectivity index is 0. The summed E-state index contributed by atoms with van der Waals surface area (Å²) in [6, 6.07) is 0. The molecule has 0 aliphatic carbocycles. The first-order valence-electron chi connectivity index (χ1n) is 0. The van der Waals surface area contributed by atoms with Crippen LogP contribution in [0.2, 0.25) is 0 Å². The second kappa shape index (κ2) is 215. The topological polar surface area (TPSA) is 0 Å². The third-order valence-electron chi connectivity index (χ3n) is 0. The Bertz CT molecular complexity index is 11.7. The van der Waals surface area contributed by atoms with E-state index in [4.69, 9.17) is 0 Å². The van der Waals surface area contributed by atoms with Gasteiger partial charge in [-0.1, -0.05) is 0 Å². The second-order valence-electron chi connectivity index (χ2n) is 0. The Morgan fingerprint density at radius 1 is 0.667 bits per heavy atom. The average Bonchev–Trinajstić information content (AvgIpc) is 0. The molecule has 0 saturated carbocycles. The zero-order valence-electron chi connectivity index (χ0n) is 4.21. The molecule has 0 aromatic heterocycles. The van der Waals surface area contributed by atoms with Crippen LogP contribution in [0.1, 0.15) is 1.43 Å². The smallest absolute Gasteiger partial charge is 1.00 e. The molecule has 0 saturated heterocycles. The SMILES string of the molecule is F.F.F.F.[B].[H-].[Na+]. The van der Waals surface area contributed by atoms with E-state index in [1.807, 2.05) is 0 Å². The van der Waals surface area contributed by atoms with Gasteiger partial charge in [-0.15, -0.1) is 0 Å². The molecular weight excluding hydrogens is 110 g/mol. The summed E-state index contributed by atoms with van der Waals surface area (Å²) < 4.78 is 0. The van der Waals surface area contributed by atoms with Gasteiger partial charge in [0.15, 0.2) is 0 Å². The van der Waals surface area contributed by atoms with Crippen LogP contribution >= 0.6 is 0 Å². The Morgan fingerprint density at radius 2 is 0.667 bits per heavy atom. The van der Waals surface area contributed by atoms with E-state index in [9.17, 15) is 0 Å². The summed E-state index contributed by atoms with van der Waals surface area (Å²) in [4.78, 5) is 0. The van der Waals surface area contributed by atoms with Crippen molar-refractivity contribution in [2.75, 3.05) is 0 Å². The van der Waals surface area contributed by atoms with E-state index in [1.54, 1.807) is 0 Å². The Labute approximate surface area is 58.5 Å². The van der Waals surface area contributed by atoms with Crippen molar-refractivity contribution in [2.24, 2.45) is 0 Å². The number of halogens is 4. The minimum Gasteiger partial charge on any atom is -1.00 e. The average molecular weight is 115 g/mol. The van der Waals surface area contributed by atoms with Gasteiger partial charge in [0.1, 0.15) is 0 Å². The predicted octanol–water partition coefficient (Wildman–Crippen LogP) is -2.65. The molecule has 0 aromatic carbocycles. The van der Waals surface area contributed by atoms with Crippen LogP contribution in [0.4, 0.5) is 18.8 Å². The molecule has 0 amide bonds. The fraction of sp³-hybridized carbons (Fsp3) is 0. The first-order chi connectivity index (χ1) is 0. The van der Waals surface area contributed by atoms with Crippen LogP contribution < -0.4 is 29.6 Å². The van der Waals surface area contributed by atoms with E-state index >= 15 is 0 Å². The standard InChI is InChI=1S/B.4FH.Na.H/h;4*1H;;/q;;;;;+1;-1. The van der Waals surface area contributed by atoms with Crippen LogP contribution in [0.15, 0.2) is 0 Å². The van der Waals surface area contributed by atoms with Crippen LogP contribution in [0.3, 0.4) is 0 Å². The van der Waals surface area contributed by atoms with Crippen molar-refractivity contribution in [1.82, 2.24) is 0 Å². The van der Waals surface area contributed by atoms with Crippen LogP contribution in [0, 0.1) is 0 Å². The number of hydrogen-bond acceptors (Lipinski definition) is 0. The van der Waals surface area contributed by atoms with Gasteiger partial charge in [0.2, 0.25) is 0 Å². The summed E-state index contributed by atoms with van der Waals surface area (Å²) in [6.07, 6.45) is 0. The molecule has 37 valence electrons. The van der Waals surface area contributed by atoms with Crippen LogP contribution in [0.5, 0.6) is 0 Å². The maximum atomic E-state index is 0. The van der Waals surface area contributed by atoms with Gasteiger partial charge in [-0.25, -0.2) is 0 Å².